The molecule has 0 aromatic carbocycles. The first-order chi connectivity index (χ1) is 8.59. The van der Waals surface area contributed by atoms with E-state index < -0.39 is 5.92 Å². The Morgan fingerprint density at radius 1 is 1.50 bits per heavy atom. The number of nitrogens with one attached hydrogen (secondary N) is 1. The Labute approximate surface area is 105 Å². The monoisotopic (exact) mass is 251 g/mol. The lowest BCUT2D eigenvalue weighted by atomic mass is 9.96. The highest BCUT2D eigenvalue weighted by atomic mass is 19.3. The summed E-state index contributed by atoms with van der Waals surface area (Å²) in [5, 5.41) is 11.7. The molecular formula is C13H15F2N3. The van der Waals surface area contributed by atoms with Crippen LogP contribution in [0.25, 0.3) is 0 Å². The zero-order chi connectivity index (χ0) is 13.0. The molecule has 0 bridgehead atoms. The zero-order valence-electron chi connectivity index (χ0n) is 10.00. The van der Waals surface area contributed by atoms with Crippen molar-refractivity contribution < 1.29 is 8.78 Å². The minimum atomic E-state index is -2.53. The number of alkyl halides is 2. The zero-order valence-corrected chi connectivity index (χ0v) is 10.00. The second-order valence-electron chi connectivity index (χ2n) is 4.65. The van der Waals surface area contributed by atoms with Crippen LogP contribution in [0.1, 0.15) is 30.5 Å². The Morgan fingerprint density at radius 2 is 2.33 bits per heavy atom. The molecule has 1 aliphatic rings. The van der Waals surface area contributed by atoms with Crippen molar-refractivity contribution in [2.45, 2.75) is 37.6 Å². The fourth-order valence-electron chi connectivity index (χ4n) is 2.16. The molecular weight excluding hydrogens is 236 g/mol. The fraction of sp³-hybridized carbons (Fsp3) is 0.538. The predicted octanol–water partition coefficient (Wildman–Crippen LogP) is 2.27. The SMILES string of the molecule is N#Cc1ccc(CCC2CC(F)(F)CCN2)nc1. The van der Waals surface area contributed by atoms with Crippen LogP contribution in [-0.4, -0.2) is 23.5 Å². The number of halogens is 2. The van der Waals surface area contributed by atoms with Crippen LogP contribution in [0.15, 0.2) is 18.3 Å². The van der Waals surface area contributed by atoms with E-state index in [1.165, 1.54) is 6.20 Å². The summed E-state index contributed by atoms with van der Waals surface area (Å²) in [6.45, 7) is 0.373. The topological polar surface area (TPSA) is 48.7 Å². The van der Waals surface area contributed by atoms with Crippen LogP contribution >= 0.6 is 0 Å². The van der Waals surface area contributed by atoms with Crippen LogP contribution in [0.3, 0.4) is 0 Å². The van der Waals surface area contributed by atoms with Crippen LogP contribution < -0.4 is 5.32 Å². The summed E-state index contributed by atoms with van der Waals surface area (Å²) >= 11 is 0. The Morgan fingerprint density at radius 3 is 2.94 bits per heavy atom. The molecule has 1 aromatic rings. The molecule has 1 unspecified atom stereocenters. The van der Waals surface area contributed by atoms with Gasteiger partial charge in [0.15, 0.2) is 0 Å². The minimum absolute atomic E-state index is 0.0708. The third-order valence-corrected chi connectivity index (χ3v) is 3.17. The molecule has 0 saturated carbocycles. The van der Waals surface area contributed by atoms with E-state index in [2.05, 4.69) is 10.3 Å². The largest absolute Gasteiger partial charge is 0.314 e. The van der Waals surface area contributed by atoms with Crippen molar-refractivity contribution in [3.8, 4) is 6.07 Å². The summed E-state index contributed by atoms with van der Waals surface area (Å²) in [5.41, 5.74) is 1.35. The van der Waals surface area contributed by atoms with Gasteiger partial charge in [0.1, 0.15) is 6.07 Å². The molecule has 0 radical (unpaired) electrons. The van der Waals surface area contributed by atoms with E-state index in [0.29, 0.717) is 24.9 Å². The molecule has 1 atom stereocenters. The standard InChI is InChI=1S/C13H15F2N3/c14-13(15)5-6-17-12(7-13)4-3-11-2-1-10(8-16)9-18-11/h1-2,9,12,17H,3-7H2. The Kier molecular flexibility index (Phi) is 3.87. The van der Waals surface area contributed by atoms with Gasteiger partial charge in [0.2, 0.25) is 0 Å². The lowest BCUT2D eigenvalue weighted by Gasteiger charge is -2.30. The highest BCUT2D eigenvalue weighted by Gasteiger charge is 2.35. The molecule has 5 heteroatoms. The van der Waals surface area contributed by atoms with Crippen molar-refractivity contribution in [2.75, 3.05) is 6.54 Å². The molecule has 0 amide bonds. The summed E-state index contributed by atoms with van der Waals surface area (Å²) < 4.78 is 26.4. The molecule has 1 saturated heterocycles. The van der Waals surface area contributed by atoms with Gasteiger partial charge in [-0.15, -0.1) is 0 Å². The summed E-state index contributed by atoms with van der Waals surface area (Å²) in [4.78, 5) is 4.13. The number of aryl methyl sites for hydroxylation is 1. The smallest absolute Gasteiger partial charge is 0.250 e. The normalized spacial score (nSPS) is 22.4. The van der Waals surface area contributed by atoms with Gasteiger partial charge in [0.05, 0.1) is 5.56 Å². The quantitative estimate of drug-likeness (QED) is 0.896. The van der Waals surface area contributed by atoms with E-state index in [1.807, 2.05) is 6.07 Å². The van der Waals surface area contributed by atoms with Crippen molar-refractivity contribution in [1.29, 1.82) is 5.26 Å². The number of aromatic nitrogens is 1. The number of rotatable bonds is 3. The molecule has 1 aromatic heterocycles. The predicted molar refractivity (Wildman–Crippen MR) is 63.2 cm³/mol. The molecule has 0 spiro atoms. The van der Waals surface area contributed by atoms with Gasteiger partial charge in [0, 0.05) is 37.3 Å². The summed E-state index contributed by atoms with van der Waals surface area (Å²) in [6, 6.07) is 5.33. The molecule has 0 aliphatic carbocycles. The summed E-state index contributed by atoms with van der Waals surface area (Å²) in [7, 11) is 0. The van der Waals surface area contributed by atoms with Crippen LogP contribution in [-0.2, 0) is 6.42 Å². The number of pyridine rings is 1. The number of nitrogens with zero attached hydrogens (tertiary/aromatic N) is 2. The van der Waals surface area contributed by atoms with Crippen LogP contribution in [0.2, 0.25) is 0 Å². The van der Waals surface area contributed by atoms with Gasteiger partial charge in [-0.3, -0.25) is 4.98 Å². The van der Waals surface area contributed by atoms with E-state index in [4.69, 9.17) is 5.26 Å². The van der Waals surface area contributed by atoms with Crippen LogP contribution in [0.5, 0.6) is 0 Å². The second kappa shape index (κ2) is 5.40. The van der Waals surface area contributed by atoms with Gasteiger partial charge in [-0.05, 0) is 25.0 Å². The fourth-order valence-corrected chi connectivity index (χ4v) is 2.16. The first-order valence-electron chi connectivity index (χ1n) is 6.05. The van der Waals surface area contributed by atoms with Gasteiger partial charge >= 0.3 is 0 Å². The van der Waals surface area contributed by atoms with Crippen molar-refractivity contribution in [1.82, 2.24) is 10.3 Å². The molecule has 1 fully saturated rings. The van der Waals surface area contributed by atoms with Gasteiger partial charge in [-0.2, -0.15) is 5.26 Å². The number of nitriles is 1. The molecule has 1 aliphatic heterocycles. The third kappa shape index (κ3) is 3.47. The summed E-state index contributed by atoms with van der Waals surface area (Å²) in [6.07, 6.45) is 2.65. The molecule has 2 rings (SSSR count). The van der Waals surface area contributed by atoms with Crippen LogP contribution in [0.4, 0.5) is 8.78 Å². The Hall–Kier alpha value is -1.54. The lowest BCUT2D eigenvalue weighted by Crippen LogP contribution is -2.43. The van der Waals surface area contributed by atoms with E-state index in [1.54, 1.807) is 12.1 Å². The van der Waals surface area contributed by atoms with Crippen molar-refractivity contribution >= 4 is 0 Å². The minimum Gasteiger partial charge on any atom is -0.314 e. The number of piperidine rings is 1. The second-order valence-corrected chi connectivity index (χ2v) is 4.65. The number of hydrogen-bond donors (Lipinski definition) is 1. The van der Waals surface area contributed by atoms with E-state index in [9.17, 15) is 8.78 Å². The van der Waals surface area contributed by atoms with Gasteiger partial charge in [-0.25, -0.2) is 8.78 Å². The Bertz CT molecular complexity index is 437. The van der Waals surface area contributed by atoms with Crippen molar-refractivity contribution in [3.63, 3.8) is 0 Å². The van der Waals surface area contributed by atoms with Gasteiger partial charge < -0.3 is 5.32 Å². The lowest BCUT2D eigenvalue weighted by molar-refractivity contribution is -0.0418. The molecule has 3 nitrogen and oxygen atoms in total. The third-order valence-electron chi connectivity index (χ3n) is 3.17. The molecule has 18 heavy (non-hydrogen) atoms. The van der Waals surface area contributed by atoms with E-state index in [-0.39, 0.29) is 18.9 Å². The highest BCUT2D eigenvalue weighted by molar-refractivity contribution is 5.26. The van der Waals surface area contributed by atoms with Crippen molar-refractivity contribution in [3.05, 3.63) is 29.6 Å². The molecule has 96 valence electrons. The number of hydrogen-bond acceptors (Lipinski definition) is 3. The average molecular weight is 251 g/mol. The average Bonchev–Trinajstić information content (AvgIpc) is 2.36. The Balaban J connectivity index is 1.85. The van der Waals surface area contributed by atoms with E-state index in [0.717, 1.165) is 5.69 Å². The summed E-state index contributed by atoms with van der Waals surface area (Å²) in [5.74, 6) is -2.53. The van der Waals surface area contributed by atoms with Gasteiger partial charge in [0.25, 0.3) is 5.92 Å². The maximum atomic E-state index is 13.2. The molecule has 1 N–H and O–H groups in total. The van der Waals surface area contributed by atoms with Crippen LogP contribution in [0, 0.1) is 11.3 Å². The van der Waals surface area contributed by atoms with Gasteiger partial charge in [-0.1, -0.05) is 0 Å². The molecule has 2 heterocycles. The van der Waals surface area contributed by atoms with Crippen molar-refractivity contribution in [2.24, 2.45) is 0 Å². The first kappa shape index (κ1) is 12.9. The maximum absolute atomic E-state index is 13.2. The first-order valence-corrected chi connectivity index (χ1v) is 6.05. The highest BCUT2D eigenvalue weighted by Crippen LogP contribution is 2.28. The maximum Gasteiger partial charge on any atom is 0.250 e. The van der Waals surface area contributed by atoms with E-state index >= 15 is 0 Å².